The molecule has 1 saturated heterocycles. The van der Waals surface area contributed by atoms with E-state index in [1.807, 2.05) is 30.3 Å². The summed E-state index contributed by atoms with van der Waals surface area (Å²) in [6.07, 6.45) is 3.08. The molecule has 6 heteroatoms. The lowest BCUT2D eigenvalue weighted by Crippen LogP contribution is -2.47. The van der Waals surface area contributed by atoms with Gasteiger partial charge in [-0.3, -0.25) is 4.79 Å². The predicted octanol–water partition coefficient (Wildman–Crippen LogP) is 3.38. The maximum Gasteiger partial charge on any atom is 0.315 e. The van der Waals surface area contributed by atoms with Crippen molar-refractivity contribution in [3.8, 4) is 0 Å². The number of halogens is 1. The Hall–Kier alpha value is -2.89. The van der Waals surface area contributed by atoms with E-state index < -0.39 is 12.1 Å². The molecule has 2 aromatic carbocycles. The summed E-state index contributed by atoms with van der Waals surface area (Å²) in [5, 5.41) is 5.39. The highest BCUT2D eigenvalue weighted by Gasteiger charge is 2.28. The first-order chi connectivity index (χ1) is 13.1. The van der Waals surface area contributed by atoms with Crippen molar-refractivity contribution < 1.29 is 14.0 Å². The van der Waals surface area contributed by atoms with Crippen molar-refractivity contribution in [1.82, 2.24) is 15.5 Å². The Kier molecular flexibility index (Phi) is 6.41. The standard InChI is InChI=1S/C21H24FN3O2/c22-18-12-6-5-11-17(18)15-23-21(27)24-19(16-9-3-1-4-10-16)20(26)25-13-7-2-8-14-25/h1,3-6,9-12,19H,2,7-8,13-15H2,(H2,23,24,27)/t19-/m0/s1. The molecular weight excluding hydrogens is 345 g/mol. The van der Waals surface area contributed by atoms with Crippen LogP contribution in [-0.2, 0) is 11.3 Å². The molecule has 2 aromatic rings. The van der Waals surface area contributed by atoms with E-state index in [1.165, 1.54) is 6.07 Å². The topological polar surface area (TPSA) is 61.4 Å². The Morgan fingerprint density at radius 1 is 0.963 bits per heavy atom. The minimum atomic E-state index is -0.759. The third-order valence-electron chi connectivity index (χ3n) is 4.72. The Balaban J connectivity index is 1.68. The molecule has 0 aromatic heterocycles. The number of hydrogen-bond acceptors (Lipinski definition) is 2. The molecule has 1 aliphatic heterocycles. The number of rotatable bonds is 5. The van der Waals surface area contributed by atoms with Crippen LogP contribution in [0.1, 0.15) is 36.4 Å². The summed E-state index contributed by atoms with van der Waals surface area (Å²) in [4.78, 5) is 27.2. The number of amides is 3. The summed E-state index contributed by atoms with van der Waals surface area (Å²) in [7, 11) is 0. The first-order valence-corrected chi connectivity index (χ1v) is 9.26. The molecular formula is C21H24FN3O2. The third kappa shape index (κ3) is 5.06. The Bertz CT molecular complexity index is 776. The monoisotopic (exact) mass is 369 g/mol. The molecule has 1 heterocycles. The van der Waals surface area contributed by atoms with E-state index in [4.69, 9.17) is 0 Å². The van der Waals surface area contributed by atoms with Crippen molar-refractivity contribution in [3.63, 3.8) is 0 Å². The second-order valence-corrected chi connectivity index (χ2v) is 6.65. The van der Waals surface area contributed by atoms with Crippen molar-refractivity contribution in [2.45, 2.75) is 31.8 Å². The summed E-state index contributed by atoms with van der Waals surface area (Å²) < 4.78 is 13.7. The normalized spacial score (nSPS) is 15.1. The summed E-state index contributed by atoms with van der Waals surface area (Å²) in [6.45, 7) is 1.47. The van der Waals surface area contributed by atoms with Gasteiger partial charge in [0, 0.05) is 25.2 Å². The Labute approximate surface area is 158 Å². The Morgan fingerprint density at radius 3 is 2.33 bits per heavy atom. The first-order valence-electron chi connectivity index (χ1n) is 9.26. The molecule has 0 spiro atoms. The largest absolute Gasteiger partial charge is 0.341 e. The molecule has 3 rings (SSSR count). The van der Waals surface area contributed by atoms with Gasteiger partial charge >= 0.3 is 6.03 Å². The van der Waals surface area contributed by atoms with E-state index in [2.05, 4.69) is 10.6 Å². The molecule has 142 valence electrons. The van der Waals surface area contributed by atoms with Gasteiger partial charge in [-0.2, -0.15) is 0 Å². The van der Waals surface area contributed by atoms with E-state index in [1.54, 1.807) is 23.1 Å². The van der Waals surface area contributed by atoms with Gasteiger partial charge < -0.3 is 15.5 Å². The molecule has 0 bridgehead atoms. The van der Waals surface area contributed by atoms with Gasteiger partial charge in [0.15, 0.2) is 0 Å². The molecule has 0 aliphatic carbocycles. The average Bonchev–Trinajstić information content (AvgIpc) is 2.72. The van der Waals surface area contributed by atoms with E-state index in [-0.39, 0.29) is 18.3 Å². The summed E-state index contributed by atoms with van der Waals surface area (Å²) >= 11 is 0. The van der Waals surface area contributed by atoms with Crippen LogP contribution in [0.3, 0.4) is 0 Å². The lowest BCUT2D eigenvalue weighted by molar-refractivity contribution is -0.134. The zero-order valence-electron chi connectivity index (χ0n) is 15.2. The predicted molar refractivity (Wildman–Crippen MR) is 101 cm³/mol. The zero-order chi connectivity index (χ0) is 19.1. The number of piperidine rings is 1. The molecule has 0 saturated carbocycles. The number of carbonyl (C=O) groups excluding carboxylic acids is 2. The SMILES string of the molecule is O=C(NCc1ccccc1F)N[C@H](C(=O)N1CCCCC1)c1ccccc1. The van der Waals surface area contributed by atoms with Crippen molar-refractivity contribution >= 4 is 11.9 Å². The van der Waals surface area contributed by atoms with Gasteiger partial charge in [0.1, 0.15) is 11.9 Å². The van der Waals surface area contributed by atoms with E-state index in [0.29, 0.717) is 18.7 Å². The molecule has 27 heavy (non-hydrogen) atoms. The van der Waals surface area contributed by atoms with Crippen molar-refractivity contribution in [2.24, 2.45) is 0 Å². The average molecular weight is 369 g/mol. The molecule has 1 atom stereocenters. The fourth-order valence-corrected chi connectivity index (χ4v) is 3.23. The number of hydrogen-bond donors (Lipinski definition) is 2. The number of likely N-dealkylation sites (tertiary alicyclic amines) is 1. The molecule has 2 N–H and O–H groups in total. The second-order valence-electron chi connectivity index (χ2n) is 6.65. The van der Waals surface area contributed by atoms with Crippen LogP contribution in [0.25, 0.3) is 0 Å². The van der Waals surface area contributed by atoms with Gasteiger partial charge in [0.25, 0.3) is 0 Å². The van der Waals surface area contributed by atoms with E-state index >= 15 is 0 Å². The van der Waals surface area contributed by atoms with E-state index in [0.717, 1.165) is 24.8 Å². The molecule has 5 nitrogen and oxygen atoms in total. The van der Waals surface area contributed by atoms with Crippen molar-refractivity contribution in [1.29, 1.82) is 0 Å². The van der Waals surface area contributed by atoms with Gasteiger partial charge in [-0.25, -0.2) is 9.18 Å². The van der Waals surface area contributed by atoms with Gasteiger partial charge in [-0.1, -0.05) is 48.5 Å². The van der Waals surface area contributed by atoms with Crippen LogP contribution < -0.4 is 10.6 Å². The molecule has 3 amide bonds. The summed E-state index contributed by atoms with van der Waals surface area (Å²) in [6, 6.07) is 14.2. The maximum absolute atomic E-state index is 13.7. The lowest BCUT2D eigenvalue weighted by atomic mass is 10.0. The summed E-state index contributed by atoms with van der Waals surface area (Å²) in [5.41, 5.74) is 1.13. The molecule has 0 unspecified atom stereocenters. The van der Waals surface area contributed by atoms with E-state index in [9.17, 15) is 14.0 Å². The number of carbonyl (C=O) groups is 2. The third-order valence-corrected chi connectivity index (χ3v) is 4.72. The highest BCUT2D eigenvalue weighted by atomic mass is 19.1. The van der Waals surface area contributed by atoms with Crippen LogP contribution in [0.5, 0.6) is 0 Å². The quantitative estimate of drug-likeness (QED) is 0.849. The van der Waals surface area contributed by atoms with Crippen LogP contribution in [0, 0.1) is 5.82 Å². The number of urea groups is 1. The second kappa shape index (κ2) is 9.16. The smallest absolute Gasteiger partial charge is 0.315 e. The Morgan fingerprint density at radius 2 is 1.63 bits per heavy atom. The van der Waals surface area contributed by atoms with Gasteiger partial charge in [-0.05, 0) is 30.9 Å². The van der Waals surface area contributed by atoms with Crippen LogP contribution in [0.2, 0.25) is 0 Å². The van der Waals surface area contributed by atoms with Crippen LogP contribution in [0.4, 0.5) is 9.18 Å². The first kappa shape index (κ1) is 18.9. The number of benzene rings is 2. The van der Waals surface area contributed by atoms with Crippen molar-refractivity contribution in [3.05, 3.63) is 71.5 Å². The van der Waals surface area contributed by atoms with Gasteiger partial charge in [-0.15, -0.1) is 0 Å². The lowest BCUT2D eigenvalue weighted by Gasteiger charge is -2.31. The highest BCUT2D eigenvalue weighted by molar-refractivity contribution is 5.88. The zero-order valence-corrected chi connectivity index (χ0v) is 15.2. The minimum Gasteiger partial charge on any atom is -0.341 e. The minimum absolute atomic E-state index is 0.0535. The van der Waals surface area contributed by atoms with Gasteiger partial charge in [0.05, 0.1) is 0 Å². The van der Waals surface area contributed by atoms with Crippen LogP contribution in [0.15, 0.2) is 54.6 Å². The fourth-order valence-electron chi connectivity index (χ4n) is 3.23. The molecule has 1 aliphatic rings. The number of nitrogens with zero attached hydrogens (tertiary/aromatic N) is 1. The van der Waals surface area contributed by atoms with Gasteiger partial charge in [0.2, 0.25) is 5.91 Å². The maximum atomic E-state index is 13.7. The summed E-state index contributed by atoms with van der Waals surface area (Å²) in [5.74, 6) is -0.483. The van der Waals surface area contributed by atoms with Crippen LogP contribution in [-0.4, -0.2) is 29.9 Å². The van der Waals surface area contributed by atoms with Crippen molar-refractivity contribution in [2.75, 3.05) is 13.1 Å². The van der Waals surface area contributed by atoms with Crippen LogP contribution >= 0.6 is 0 Å². The fraction of sp³-hybridized carbons (Fsp3) is 0.333. The number of nitrogens with one attached hydrogen (secondary N) is 2. The molecule has 1 fully saturated rings. The molecule has 0 radical (unpaired) electrons. The highest BCUT2D eigenvalue weighted by Crippen LogP contribution is 2.19.